The van der Waals surface area contributed by atoms with Gasteiger partial charge in [-0.2, -0.15) is 0 Å². The fraction of sp³-hybridized carbons (Fsp3) is 0.467. The molecule has 0 aliphatic rings. The zero-order valence-electron chi connectivity index (χ0n) is 12.6. The number of rotatable bonds is 8. The Morgan fingerprint density at radius 2 is 1.90 bits per heavy atom. The highest BCUT2D eigenvalue weighted by atomic mass is 16.5. The number of methoxy groups -OCH3 is 1. The fourth-order valence-corrected chi connectivity index (χ4v) is 2.17. The summed E-state index contributed by atoms with van der Waals surface area (Å²) in [6.45, 7) is 3.94. The minimum absolute atomic E-state index is 0.436. The Labute approximate surface area is 124 Å². The quantitative estimate of drug-likeness (QED) is 0.750. The van der Waals surface area contributed by atoms with Crippen molar-refractivity contribution in [1.29, 1.82) is 0 Å². The second-order valence-corrected chi connectivity index (χ2v) is 4.64. The molecule has 2 N–H and O–H groups in total. The zero-order chi connectivity index (χ0) is 15.1. The fourth-order valence-electron chi connectivity index (χ4n) is 2.17. The molecule has 0 saturated heterocycles. The summed E-state index contributed by atoms with van der Waals surface area (Å²) < 4.78 is 12.7. The molecule has 0 unspecified atom stereocenters. The Bertz CT molecular complexity index is 551. The number of ether oxygens (including phenoxy) is 2. The van der Waals surface area contributed by atoms with Crippen molar-refractivity contribution in [3.05, 3.63) is 35.7 Å². The van der Waals surface area contributed by atoms with Gasteiger partial charge in [0.25, 0.3) is 0 Å². The molecule has 114 valence electrons. The SMILES string of the molecule is CCc1c(CN)nnn1CCCOc1ccc(OC)cc1. The molecular weight excluding hydrogens is 268 g/mol. The van der Waals surface area contributed by atoms with Crippen LogP contribution in [-0.4, -0.2) is 28.7 Å². The summed E-state index contributed by atoms with van der Waals surface area (Å²) in [6.07, 6.45) is 1.76. The van der Waals surface area contributed by atoms with E-state index in [-0.39, 0.29) is 0 Å². The highest BCUT2D eigenvalue weighted by molar-refractivity contribution is 5.31. The smallest absolute Gasteiger partial charge is 0.119 e. The molecule has 1 aromatic heterocycles. The molecule has 0 radical (unpaired) electrons. The van der Waals surface area contributed by atoms with Gasteiger partial charge in [0.1, 0.15) is 11.5 Å². The Morgan fingerprint density at radius 3 is 2.52 bits per heavy atom. The average Bonchev–Trinajstić information content (AvgIpc) is 2.94. The van der Waals surface area contributed by atoms with E-state index >= 15 is 0 Å². The average molecular weight is 290 g/mol. The van der Waals surface area contributed by atoms with Crippen LogP contribution < -0.4 is 15.2 Å². The van der Waals surface area contributed by atoms with Crippen molar-refractivity contribution < 1.29 is 9.47 Å². The van der Waals surface area contributed by atoms with E-state index in [4.69, 9.17) is 15.2 Å². The first kappa shape index (κ1) is 15.3. The minimum atomic E-state index is 0.436. The second kappa shape index (κ2) is 7.64. The zero-order valence-corrected chi connectivity index (χ0v) is 12.6. The summed E-state index contributed by atoms with van der Waals surface area (Å²) in [6, 6.07) is 7.57. The third-order valence-corrected chi connectivity index (χ3v) is 3.29. The summed E-state index contributed by atoms with van der Waals surface area (Å²) in [5.74, 6) is 1.67. The van der Waals surface area contributed by atoms with Crippen LogP contribution in [-0.2, 0) is 19.5 Å². The van der Waals surface area contributed by atoms with Gasteiger partial charge in [0.05, 0.1) is 25.1 Å². The summed E-state index contributed by atoms with van der Waals surface area (Å²) in [4.78, 5) is 0. The lowest BCUT2D eigenvalue weighted by molar-refractivity contribution is 0.296. The van der Waals surface area contributed by atoms with Crippen LogP contribution in [0.2, 0.25) is 0 Å². The first-order valence-electron chi connectivity index (χ1n) is 7.16. The Hall–Kier alpha value is -2.08. The monoisotopic (exact) mass is 290 g/mol. The maximum Gasteiger partial charge on any atom is 0.119 e. The number of hydrogen-bond acceptors (Lipinski definition) is 5. The van der Waals surface area contributed by atoms with E-state index in [2.05, 4.69) is 17.2 Å². The van der Waals surface area contributed by atoms with Gasteiger partial charge in [0.2, 0.25) is 0 Å². The first-order valence-corrected chi connectivity index (χ1v) is 7.16. The molecule has 6 nitrogen and oxygen atoms in total. The van der Waals surface area contributed by atoms with Crippen molar-refractivity contribution >= 4 is 0 Å². The first-order chi connectivity index (χ1) is 10.3. The van der Waals surface area contributed by atoms with Crippen molar-refractivity contribution in [2.24, 2.45) is 5.73 Å². The topological polar surface area (TPSA) is 75.2 Å². The van der Waals surface area contributed by atoms with Crippen molar-refractivity contribution in [2.45, 2.75) is 32.9 Å². The lowest BCUT2D eigenvalue weighted by Crippen LogP contribution is -2.10. The predicted molar refractivity (Wildman–Crippen MR) is 80.4 cm³/mol. The van der Waals surface area contributed by atoms with Crippen molar-refractivity contribution in [3.8, 4) is 11.5 Å². The van der Waals surface area contributed by atoms with Crippen molar-refractivity contribution in [1.82, 2.24) is 15.0 Å². The molecule has 0 bridgehead atoms. The molecule has 0 fully saturated rings. The van der Waals surface area contributed by atoms with E-state index in [0.29, 0.717) is 13.2 Å². The highest BCUT2D eigenvalue weighted by Crippen LogP contribution is 2.17. The largest absolute Gasteiger partial charge is 0.497 e. The Balaban J connectivity index is 1.80. The molecule has 0 saturated carbocycles. The van der Waals surface area contributed by atoms with Gasteiger partial charge in [-0.15, -0.1) is 5.10 Å². The number of aromatic nitrogens is 3. The van der Waals surface area contributed by atoms with E-state index in [9.17, 15) is 0 Å². The van der Waals surface area contributed by atoms with Crippen LogP contribution in [0.1, 0.15) is 24.7 Å². The third kappa shape index (κ3) is 3.95. The van der Waals surface area contributed by atoms with Crippen molar-refractivity contribution in [2.75, 3.05) is 13.7 Å². The molecule has 0 aliphatic heterocycles. The molecule has 2 aromatic rings. The van der Waals surface area contributed by atoms with Crippen LogP contribution in [0.4, 0.5) is 0 Å². The maximum atomic E-state index is 5.69. The maximum absolute atomic E-state index is 5.69. The molecule has 21 heavy (non-hydrogen) atoms. The van der Waals surface area contributed by atoms with Gasteiger partial charge in [0, 0.05) is 19.5 Å². The van der Waals surface area contributed by atoms with Gasteiger partial charge in [-0.3, -0.25) is 0 Å². The van der Waals surface area contributed by atoms with Gasteiger partial charge in [0.15, 0.2) is 0 Å². The molecule has 6 heteroatoms. The molecule has 1 aromatic carbocycles. The molecule has 1 heterocycles. The Morgan fingerprint density at radius 1 is 1.19 bits per heavy atom. The number of nitrogens with two attached hydrogens (primary N) is 1. The Kier molecular flexibility index (Phi) is 5.57. The number of benzene rings is 1. The lowest BCUT2D eigenvalue weighted by Gasteiger charge is -2.08. The van der Waals surface area contributed by atoms with Gasteiger partial charge in [-0.1, -0.05) is 12.1 Å². The summed E-state index contributed by atoms with van der Waals surface area (Å²) in [7, 11) is 1.65. The van der Waals surface area contributed by atoms with E-state index in [1.165, 1.54) is 0 Å². The number of aryl methyl sites for hydroxylation is 1. The van der Waals surface area contributed by atoms with Crippen LogP contribution in [0.25, 0.3) is 0 Å². The van der Waals surface area contributed by atoms with Crippen LogP contribution in [0.15, 0.2) is 24.3 Å². The molecule has 0 aliphatic carbocycles. The van der Waals surface area contributed by atoms with E-state index in [1.807, 2.05) is 28.9 Å². The van der Waals surface area contributed by atoms with E-state index in [0.717, 1.165) is 42.3 Å². The summed E-state index contributed by atoms with van der Waals surface area (Å²) in [5.41, 5.74) is 7.64. The summed E-state index contributed by atoms with van der Waals surface area (Å²) >= 11 is 0. The third-order valence-electron chi connectivity index (χ3n) is 3.29. The number of hydrogen-bond donors (Lipinski definition) is 1. The summed E-state index contributed by atoms with van der Waals surface area (Å²) in [5, 5.41) is 8.23. The van der Waals surface area contributed by atoms with Crippen LogP contribution in [0.5, 0.6) is 11.5 Å². The molecule has 2 rings (SSSR count). The molecule has 0 spiro atoms. The second-order valence-electron chi connectivity index (χ2n) is 4.64. The standard InChI is InChI=1S/C15H22N4O2/c1-3-15-14(11-16)17-18-19(15)9-4-10-21-13-7-5-12(20-2)6-8-13/h5-8H,3-4,9-11,16H2,1-2H3. The van der Waals surface area contributed by atoms with Gasteiger partial charge < -0.3 is 15.2 Å². The van der Waals surface area contributed by atoms with Crippen LogP contribution >= 0.6 is 0 Å². The van der Waals surface area contributed by atoms with Crippen molar-refractivity contribution in [3.63, 3.8) is 0 Å². The highest BCUT2D eigenvalue weighted by Gasteiger charge is 2.09. The minimum Gasteiger partial charge on any atom is -0.497 e. The van der Waals surface area contributed by atoms with Crippen LogP contribution in [0, 0.1) is 0 Å². The number of nitrogens with zero attached hydrogens (tertiary/aromatic N) is 3. The van der Waals surface area contributed by atoms with Gasteiger partial charge >= 0.3 is 0 Å². The van der Waals surface area contributed by atoms with E-state index in [1.54, 1.807) is 7.11 Å². The van der Waals surface area contributed by atoms with Gasteiger partial charge in [-0.25, -0.2) is 4.68 Å². The normalized spacial score (nSPS) is 10.6. The molecular formula is C15H22N4O2. The molecule has 0 atom stereocenters. The van der Waals surface area contributed by atoms with Crippen LogP contribution in [0.3, 0.4) is 0 Å². The van der Waals surface area contributed by atoms with Gasteiger partial charge in [-0.05, 0) is 30.7 Å². The lowest BCUT2D eigenvalue weighted by atomic mass is 10.2. The molecule has 0 amide bonds. The predicted octanol–water partition coefficient (Wildman–Crippen LogP) is 1.78. The van der Waals surface area contributed by atoms with E-state index < -0.39 is 0 Å².